The van der Waals surface area contributed by atoms with Gasteiger partial charge in [-0.2, -0.15) is 13.2 Å². The summed E-state index contributed by atoms with van der Waals surface area (Å²) >= 11 is 5.57. The Balaban J connectivity index is 1.48. The molecule has 0 saturated carbocycles. The normalized spacial score (nSPS) is 11.3. The Bertz CT molecular complexity index is 1530. The highest BCUT2D eigenvalue weighted by molar-refractivity contribution is 6.31. The number of carbonyl (C=O) groups excluding carboxylic acids is 2. The van der Waals surface area contributed by atoms with Crippen LogP contribution in [0.25, 0.3) is 11.0 Å². The summed E-state index contributed by atoms with van der Waals surface area (Å²) in [5.41, 5.74) is 4.80. The average Bonchev–Trinajstić information content (AvgIpc) is 2.87. The van der Waals surface area contributed by atoms with Gasteiger partial charge in [0, 0.05) is 23.5 Å². The van der Waals surface area contributed by atoms with Crippen LogP contribution in [-0.2, 0) is 6.18 Å². The van der Waals surface area contributed by atoms with Gasteiger partial charge < -0.3 is 21.1 Å². The minimum Gasteiger partial charge on any atom is -0.475 e. The first-order chi connectivity index (χ1) is 18.0. The van der Waals surface area contributed by atoms with Crippen molar-refractivity contribution in [2.75, 3.05) is 23.8 Å². The maximum atomic E-state index is 14.8. The first-order valence-electron chi connectivity index (χ1n) is 10.9. The van der Waals surface area contributed by atoms with E-state index in [2.05, 4.69) is 20.6 Å². The highest BCUT2D eigenvalue weighted by atomic mass is 35.5. The lowest BCUT2D eigenvalue weighted by Gasteiger charge is -2.13. The van der Waals surface area contributed by atoms with E-state index >= 15 is 0 Å². The van der Waals surface area contributed by atoms with Crippen molar-refractivity contribution in [1.82, 2.24) is 9.97 Å². The van der Waals surface area contributed by atoms with E-state index in [9.17, 15) is 27.2 Å². The number of amides is 2. The van der Waals surface area contributed by atoms with Gasteiger partial charge in [0.2, 0.25) is 5.88 Å². The number of nitrogens with two attached hydrogens (primary N) is 1. The number of rotatable bonds is 7. The first kappa shape index (κ1) is 26.8. The second kappa shape index (κ2) is 11.0. The van der Waals surface area contributed by atoms with Crippen molar-refractivity contribution in [3.05, 3.63) is 88.3 Å². The van der Waals surface area contributed by atoms with Crippen molar-refractivity contribution in [2.45, 2.75) is 6.18 Å². The van der Waals surface area contributed by atoms with Gasteiger partial charge in [0.1, 0.15) is 12.4 Å². The molecule has 1 heterocycles. The molecule has 0 fully saturated rings. The molecule has 3 aromatic carbocycles. The Kier molecular flexibility index (Phi) is 7.74. The molecule has 0 atom stereocenters. The lowest BCUT2D eigenvalue weighted by molar-refractivity contribution is -0.137. The number of nitrogens with zero attached hydrogens (tertiary/aromatic N) is 2. The van der Waals surface area contributed by atoms with Gasteiger partial charge >= 0.3 is 12.2 Å². The smallest absolute Gasteiger partial charge is 0.417 e. The third-order valence-corrected chi connectivity index (χ3v) is 5.48. The molecule has 4 N–H and O–H groups in total. The second-order valence-electron chi connectivity index (χ2n) is 7.84. The molecule has 0 aliphatic carbocycles. The lowest BCUT2D eigenvalue weighted by atomic mass is 10.0. The van der Waals surface area contributed by atoms with Gasteiger partial charge in [0.05, 0.1) is 33.4 Å². The summed E-state index contributed by atoms with van der Waals surface area (Å²) in [5, 5.41) is 4.00. The number of ether oxygens (including phenoxy) is 1. The summed E-state index contributed by atoms with van der Waals surface area (Å²) in [6, 6.07) is 9.75. The molecule has 0 aliphatic rings. The number of anilines is 2. The molecule has 13 heteroatoms. The van der Waals surface area contributed by atoms with Crippen LogP contribution >= 0.6 is 11.6 Å². The van der Waals surface area contributed by atoms with Gasteiger partial charge in [-0.1, -0.05) is 11.6 Å². The molecule has 4 rings (SSSR count). The van der Waals surface area contributed by atoms with E-state index in [4.69, 9.17) is 22.1 Å². The van der Waals surface area contributed by atoms with Crippen LogP contribution in [0.15, 0.2) is 60.8 Å². The number of hydrogen-bond donors (Lipinski definition) is 3. The number of benzene rings is 3. The third kappa shape index (κ3) is 6.15. The predicted molar refractivity (Wildman–Crippen MR) is 133 cm³/mol. The Morgan fingerprint density at radius 1 is 0.974 bits per heavy atom. The first-order valence-corrected chi connectivity index (χ1v) is 11.3. The fourth-order valence-electron chi connectivity index (χ4n) is 3.41. The van der Waals surface area contributed by atoms with Crippen LogP contribution in [0, 0.1) is 5.82 Å². The van der Waals surface area contributed by atoms with Crippen LogP contribution < -0.4 is 21.1 Å². The van der Waals surface area contributed by atoms with Crippen LogP contribution in [0.2, 0.25) is 5.02 Å². The number of carbonyl (C=O) groups is 2. The van der Waals surface area contributed by atoms with E-state index in [0.29, 0.717) is 17.1 Å². The Hall–Kier alpha value is -4.29. The molecular formula is C25H18ClF4N5O3. The number of ketones is 1. The Labute approximate surface area is 217 Å². The number of fused-ring (bicyclic) bond motifs is 1. The van der Waals surface area contributed by atoms with Crippen LogP contribution in [0.5, 0.6) is 5.88 Å². The van der Waals surface area contributed by atoms with Crippen molar-refractivity contribution in [3.8, 4) is 5.88 Å². The van der Waals surface area contributed by atoms with E-state index < -0.39 is 34.4 Å². The SMILES string of the molecule is NCCOc1cnc2ccc(C(=O)c3ccc(NC(=O)Nc4ccc(Cl)c(C(F)(F)F)c4)cc3F)cc2n1. The second-order valence-corrected chi connectivity index (χ2v) is 8.25. The Morgan fingerprint density at radius 3 is 2.37 bits per heavy atom. The molecule has 1 aromatic heterocycles. The Morgan fingerprint density at radius 2 is 1.68 bits per heavy atom. The summed E-state index contributed by atoms with van der Waals surface area (Å²) < 4.78 is 59.2. The van der Waals surface area contributed by atoms with Crippen LogP contribution in [-0.4, -0.2) is 34.9 Å². The van der Waals surface area contributed by atoms with Crippen LogP contribution in [0.4, 0.5) is 33.7 Å². The van der Waals surface area contributed by atoms with Crippen molar-refractivity contribution in [1.29, 1.82) is 0 Å². The third-order valence-electron chi connectivity index (χ3n) is 5.15. The largest absolute Gasteiger partial charge is 0.475 e. The highest BCUT2D eigenvalue weighted by Crippen LogP contribution is 2.36. The fraction of sp³-hybridized carbons (Fsp3) is 0.120. The van der Waals surface area contributed by atoms with Crippen molar-refractivity contribution < 1.29 is 31.9 Å². The van der Waals surface area contributed by atoms with Crippen LogP contribution in [0.1, 0.15) is 21.5 Å². The molecule has 0 unspecified atom stereocenters. The molecular weight excluding hydrogens is 530 g/mol. The van der Waals surface area contributed by atoms with Gasteiger partial charge in [0.25, 0.3) is 0 Å². The van der Waals surface area contributed by atoms with Crippen molar-refractivity contribution in [3.63, 3.8) is 0 Å². The molecule has 2 amide bonds. The fourth-order valence-corrected chi connectivity index (χ4v) is 3.64. The predicted octanol–water partition coefficient (Wildman–Crippen LogP) is 5.65. The van der Waals surface area contributed by atoms with E-state index in [1.807, 2.05) is 0 Å². The standard InChI is InChI=1S/C25H18ClF4N5O3/c26-18-5-3-14(10-17(18)25(28,29)30)33-24(37)34-15-2-4-16(19(27)11-15)23(36)13-1-6-20-21(9-13)35-22(12-32-20)38-8-7-31/h1-6,9-12H,7-8,31H2,(H2,33,34,37). The number of hydrogen-bond acceptors (Lipinski definition) is 6. The minimum atomic E-state index is -4.71. The van der Waals surface area contributed by atoms with Gasteiger partial charge in [-0.3, -0.25) is 4.79 Å². The minimum absolute atomic E-state index is 0.0346. The number of nitrogens with one attached hydrogen (secondary N) is 2. The van der Waals surface area contributed by atoms with E-state index in [1.165, 1.54) is 36.5 Å². The molecule has 8 nitrogen and oxygen atoms in total. The number of aromatic nitrogens is 2. The summed E-state index contributed by atoms with van der Waals surface area (Å²) in [6.07, 6.45) is -3.29. The van der Waals surface area contributed by atoms with Crippen molar-refractivity contribution in [2.24, 2.45) is 5.73 Å². The molecule has 4 aromatic rings. The lowest BCUT2D eigenvalue weighted by Crippen LogP contribution is -2.20. The summed E-state index contributed by atoms with van der Waals surface area (Å²) in [6.45, 7) is 0.515. The van der Waals surface area contributed by atoms with E-state index in [-0.39, 0.29) is 41.5 Å². The van der Waals surface area contributed by atoms with Gasteiger partial charge in [0.15, 0.2) is 5.78 Å². The zero-order valence-corrected chi connectivity index (χ0v) is 20.0. The molecule has 0 aliphatic heterocycles. The number of halogens is 5. The topological polar surface area (TPSA) is 119 Å². The summed E-state index contributed by atoms with van der Waals surface area (Å²) in [5.74, 6) is -1.35. The molecule has 0 spiro atoms. The van der Waals surface area contributed by atoms with E-state index in [0.717, 1.165) is 12.1 Å². The quantitative estimate of drug-likeness (QED) is 0.203. The zero-order valence-electron chi connectivity index (χ0n) is 19.3. The maximum Gasteiger partial charge on any atom is 0.417 e. The molecule has 0 saturated heterocycles. The monoisotopic (exact) mass is 547 g/mol. The summed E-state index contributed by atoms with van der Waals surface area (Å²) in [4.78, 5) is 33.6. The molecule has 0 radical (unpaired) electrons. The molecule has 0 bridgehead atoms. The highest BCUT2D eigenvalue weighted by Gasteiger charge is 2.33. The number of alkyl halides is 3. The van der Waals surface area contributed by atoms with Gasteiger partial charge in [-0.25, -0.2) is 19.2 Å². The van der Waals surface area contributed by atoms with Gasteiger partial charge in [-0.15, -0.1) is 0 Å². The van der Waals surface area contributed by atoms with Crippen molar-refractivity contribution >= 4 is 45.8 Å². The van der Waals surface area contributed by atoms with E-state index in [1.54, 1.807) is 6.07 Å². The summed E-state index contributed by atoms with van der Waals surface area (Å²) in [7, 11) is 0. The van der Waals surface area contributed by atoms with Crippen LogP contribution in [0.3, 0.4) is 0 Å². The zero-order chi connectivity index (χ0) is 27.4. The molecule has 38 heavy (non-hydrogen) atoms. The maximum absolute atomic E-state index is 14.8. The molecule has 196 valence electrons. The average molecular weight is 548 g/mol. The number of urea groups is 1. The van der Waals surface area contributed by atoms with Gasteiger partial charge in [-0.05, 0) is 54.6 Å².